The third-order valence-electron chi connectivity index (χ3n) is 6.80. The normalized spacial score (nSPS) is 13.3. The summed E-state index contributed by atoms with van der Waals surface area (Å²) in [7, 11) is 1.87. The molecule has 1 aliphatic rings. The van der Waals surface area contributed by atoms with Crippen LogP contribution < -0.4 is 16.4 Å². The number of aromatic nitrogens is 3. The Morgan fingerprint density at radius 2 is 1.64 bits per heavy atom. The largest absolute Gasteiger partial charge is 0.382 e. The van der Waals surface area contributed by atoms with E-state index in [1.165, 1.54) is 18.4 Å². The predicted octanol–water partition coefficient (Wildman–Crippen LogP) is 5.58. The van der Waals surface area contributed by atoms with Crippen molar-refractivity contribution in [3.8, 4) is 11.1 Å². The van der Waals surface area contributed by atoms with Crippen molar-refractivity contribution in [2.45, 2.75) is 39.2 Å². The minimum atomic E-state index is -0.280. The van der Waals surface area contributed by atoms with Gasteiger partial charge in [0.1, 0.15) is 0 Å². The van der Waals surface area contributed by atoms with Gasteiger partial charge in [-0.1, -0.05) is 38.1 Å². The Labute approximate surface area is 211 Å². The average molecular weight is 484 g/mol. The molecule has 0 atom stereocenters. The van der Waals surface area contributed by atoms with Gasteiger partial charge < -0.3 is 16.4 Å². The molecule has 2 heterocycles. The number of anilines is 3. The van der Waals surface area contributed by atoms with E-state index in [0.717, 1.165) is 53.2 Å². The van der Waals surface area contributed by atoms with Crippen molar-refractivity contribution >= 4 is 34.3 Å². The van der Waals surface area contributed by atoms with E-state index in [9.17, 15) is 4.79 Å². The number of nitrogens with two attached hydrogens (primary N) is 1. The van der Waals surface area contributed by atoms with E-state index in [1.807, 2.05) is 43.4 Å². The summed E-state index contributed by atoms with van der Waals surface area (Å²) in [4.78, 5) is 19.7. The molecule has 1 fully saturated rings. The molecule has 0 unspecified atom stereocenters. The monoisotopic (exact) mass is 483 g/mol. The number of fused-ring (bicyclic) bond motifs is 1. The van der Waals surface area contributed by atoms with Crippen molar-refractivity contribution in [3.05, 3.63) is 65.9 Å². The fraction of sp³-hybridized carbons (Fsp3) is 0.321. The summed E-state index contributed by atoms with van der Waals surface area (Å²) in [6.45, 7) is 7.26. The number of rotatable bonds is 8. The molecule has 8 nitrogen and oxygen atoms in total. The van der Waals surface area contributed by atoms with Gasteiger partial charge in [0.2, 0.25) is 0 Å². The number of nitrogen functional groups attached to an aromatic ring is 1. The Kier molecular flexibility index (Phi) is 6.61. The smallest absolute Gasteiger partial charge is 0.323 e. The molecule has 0 bridgehead atoms. The zero-order chi connectivity index (χ0) is 25.2. The molecule has 4 aromatic rings. The maximum atomic E-state index is 12.6. The van der Waals surface area contributed by atoms with Crippen LogP contribution in [-0.4, -0.2) is 38.8 Å². The van der Waals surface area contributed by atoms with Crippen molar-refractivity contribution in [1.82, 2.24) is 19.7 Å². The lowest BCUT2D eigenvalue weighted by atomic mass is 10.0. The molecule has 2 aromatic carbocycles. The molecule has 0 saturated heterocycles. The van der Waals surface area contributed by atoms with Gasteiger partial charge in [0.25, 0.3) is 0 Å². The quantitative estimate of drug-likeness (QED) is 0.304. The molecule has 0 radical (unpaired) electrons. The number of pyridine rings is 1. The predicted molar refractivity (Wildman–Crippen MR) is 146 cm³/mol. The summed E-state index contributed by atoms with van der Waals surface area (Å²) in [6.07, 6.45) is 2.34. The first-order chi connectivity index (χ1) is 17.4. The minimum Gasteiger partial charge on any atom is -0.382 e. The lowest BCUT2D eigenvalue weighted by molar-refractivity contribution is 0.262. The molecule has 0 spiro atoms. The first-order valence-corrected chi connectivity index (χ1v) is 12.6. The van der Waals surface area contributed by atoms with Gasteiger partial charge in [0.05, 0.1) is 5.39 Å². The van der Waals surface area contributed by atoms with Gasteiger partial charge in [-0.15, -0.1) is 0 Å². The Balaban J connectivity index is 1.28. The molecule has 186 valence electrons. The summed E-state index contributed by atoms with van der Waals surface area (Å²) < 4.78 is 1.75. The molecular formula is C28H33N7O. The summed E-state index contributed by atoms with van der Waals surface area (Å²) in [5.74, 6) is 0.988. The number of benzene rings is 2. The van der Waals surface area contributed by atoms with Crippen LogP contribution in [0.3, 0.4) is 0 Å². The molecule has 4 N–H and O–H groups in total. The van der Waals surface area contributed by atoms with Crippen molar-refractivity contribution in [2.75, 3.05) is 29.5 Å². The van der Waals surface area contributed by atoms with Crippen LogP contribution in [0.2, 0.25) is 0 Å². The van der Waals surface area contributed by atoms with Gasteiger partial charge >= 0.3 is 6.03 Å². The summed E-state index contributed by atoms with van der Waals surface area (Å²) in [5.41, 5.74) is 12.9. The third kappa shape index (κ3) is 5.04. The maximum Gasteiger partial charge on any atom is 0.323 e. The van der Waals surface area contributed by atoms with E-state index in [2.05, 4.69) is 52.7 Å². The van der Waals surface area contributed by atoms with Crippen LogP contribution in [0, 0.1) is 0 Å². The van der Waals surface area contributed by atoms with Gasteiger partial charge in [0.15, 0.2) is 11.5 Å². The standard InChI is InChI=1S/C28H33N7O/c1-4-35(5-2)17-18-6-12-21(13-7-18)30-28(36)31-22-14-10-19(11-15-22)23-16-24(20-8-9-20)32-27-25(23)26(29)33-34(27)3/h6-7,10-16,20H,4-5,8-9,17H2,1-3H3,(H2,29,33)(H2,30,31,36). The Hall–Kier alpha value is -3.91. The Morgan fingerprint density at radius 1 is 1.03 bits per heavy atom. The Morgan fingerprint density at radius 3 is 2.22 bits per heavy atom. The van der Waals surface area contributed by atoms with Crippen LogP contribution in [0.25, 0.3) is 22.2 Å². The summed E-state index contributed by atoms with van der Waals surface area (Å²) in [6, 6.07) is 17.6. The molecule has 0 aliphatic heterocycles. The van der Waals surface area contributed by atoms with Crippen LogP contribution in [0.1, 0.15) is 43.9 Å². The zero-order valence-electron chi connectivity index (χ0n) is 21.1. The third-order valence-corrected chi connectivity index (χ3v) is 6.80. The highest BCUT2D eigenvalue weighted by molar-refractivity contribution is 6.02. The second kappa shape index (κ2) is 9.99. The number of urea groups is 1. The first kappa shape index (κ1) is 23.8. The molecule has 2 amide bonds. The number of carbonyl (C=O) groups is 1. The minimum absolute atomic E-state index is 0.280. The highest BCUT2D eigenvalue weighted by Gasteiger charge is 2.27. The zero-order valence-corrected chi connectivity index (χ0v) is 21.1. The number of hydrogen-bond acceptors (Lipinski definition) is 5. The van der Waals surface area contributed by atoms with Crippen molar-refractivity contribution in [1.29, 1.82) is 0 Å². The highest BCUT2D eigenvalue weighted by Crippen LogP contribution is 2.42. The lowest BCUT2D eigenvalue weighted by Gasteiger charge is -2.18. The highest BCUT2D eigenvalue weighted by atomic mass is 16.2. The summed E-state index contributed by atoms with van der Waals surface area (Å²) in [5, 5.41) is 11.1. The van der Waals surface area contributed by atoms with E-state index >= 15 is 0 Å². The van der Waals surface area contributed by atoms with Gasteiger partial charge in [-0.25, -0.2) is 14.5 Å². The SMILES string of the molecule is CCN(CC)Cc1ccc(NC(=O)Nc2ccc(-c3cc(C4CC4)nc4c3c(N)nn4C)cc2)cc1. The van der Waals surface area contributed by atoms with Gasteiger partial charge in [-0.05, 0) is 73.0 Å². The van der Waals surface area contributed by atoms with E-state index < -0.39 is 0 Å². The molecule has 1 saturated carbocycles. The molecule has 36 heavy (non-hydrogen) atoms. The van der Waals surface area contributed by atoms with E-state index in [-0.39, 0.29) is 6.03 Å². The average Bonchev–Trinajstić information content (AvgIpc) is 3.69. The van der Waals surface area contributed by atoms with Crippen LogP contribution in [0.15, 0.2) is 54.6 Å². The van der Waals surface area contributed by atoms with Crippen molar-refractivity contribution in [2.24, 2.45) is 7.05 Å². The second-order valence-electron chi connectivity index (χ2n) is 9.39. The summed E-state index contributed by atoms with van der Waals surface area (Å²) >= 11 is 0. The maximum absolute atomic E-state index is 12.6. The van der Waals surface area contributed by atoms with Crippen LogP contribution in [0.5, 0.6) is 0 Å². The van der Waals surface area contributed by atoms with Crippen LogP contribution in [0.4, 0.5) is 22.0 Å². The number of nitrogens with zero attached hydrogens (tertiary/aromatic N) is 4. The first-order valence-electron chi connectivity index (χ1n) is 12.6. The topological polar surface area (TPSA) is 101 Å². The van der Waals surface area contributed by atoms with Gasteiger partial charge in [-0.3, -0.25) is 4.90 Å². The van der Waals surface area contributed by atoms with Gasteiger partial charge in [-0.2, -0.15) is 5.10 Å². The van der Waals surface area contributed by atoms with Crippen molar-refractivity contribution in [3.63, 3.8) is 0 Å². The molecule has 8 heteroatoms. The van der Waals surface area contributed by atoms with Crippen LogP contribution >= 0.6 is 0 Å². The molecular weight excluding hydrogens is 450 g/mol. The van der Waals surface area contributed by atoms with Crippen LogP contribution in [-0.2, 0) is 13.6 Å². The second-order valence-corrected chi connectivity index (χ2v) is 9.39. The molecule has 5 rings (SSSR count). The molecule has 1 aliphatic carbocycles. The van der Waals surface area contributed by atoms with Crippen molar-refractivity contribution < 1.29 is 4.79 Å². The Bertz CT molecular complexity index is 1370. The van der Waals surface area contributed by atoms with E-state index in [1.54, 1.807) is 4.68 Å². The van der Waals surface area contributed by atoms with E-state index in [0.29, 0.717) is 17.4 Å². The number of amides is 2. The molecule has 2 aromatic heterocycles. The fourth-order valence-corrected chi connectivity index (χ4v) is 4.54. The fourth-order valence-electron chi connectivity index (χ4n) is 4.54. The lowest BCUT2D eigenvalue weighted by Crippen LogP contribution is -2.22. The number of carbonyl (C=O) groups excluding carboxylic acids is 1. The van der Waals surface area contributed by atoms with E-state index in [4.69, 9.17) is 10.7 Å². The number of nitrogens with one attached hydrogen (secondary N) is 2. The number of aryl methyl sites for hydroxylation is 1. The number of hydrogen-bond donors (Lipinski definition) is 3. The van der Waals surface area contributed by atoms with Gasteiger partial charge in [0, 0.05) is 36.6 Å².